The molecule has 0 spiro atoms. The van der Waals surface area contributed by atoms with Crippen molar-refractivity contribution < 1.29 is 4.42 Å². The first-order valence-corrected chi connectivity index (χ1v) is 18.3. The van der Waals surface area contributed by atoms with Gasteiger partial charge in [-0.25, -0.2) is 9.97 Å². The summed E-state index contributed by atoms with van der Waals surface area (Å²) in [6, 6.07) is 60.2. The van der Waals surface area contributed by atoms with Gasteiger partial charge in [-0.15, -0.1) is 11.3 Å². The molecule has 0 radical (unpaired) electrons. The Kier molecular flexibility index (Phi) is 6.42. The molecule has 0 fully saturated rings. The number of para-hydroxylation sites is 2. The van der Waals surface area contributed by atoms with Gasteiger partial charge in [0, 0.05) is 52.8 Å². The number of hydrogen-bond donors (Lipinski definition) is 0. The average molecular weight is 681 g/mol. The Balaban J connectivity index is 0.975. The van der Waals surface area contributed by atoms with E-state index in [4.69, 9.17) is 14.4 Å². The van der Waals surface area contributed by atoms with E-state index >= 15 is 0 Å². The minimum Gasteiger partial charge on any atom is -0.455 e. The lowest BCUT2D eigenvalue weighted by Gasteiger charge is -2.12. The summed E-state index contributed by atoms with van der Waals surface area (Å²) in [6.07, 6.45) is 0. The van der Waals surface area contributed by atoms with Crippen LogP contribution in [0.1, 0.15) is 0 Å². The molecule has 8 aromatic carbocycles. The van der Waals surface area contributed by atoms with Gasteiger partial charge >= 0.3 is 0 Å². The topological polar surface area (TPSA) is 38.9 Å². The molecule has 3 heterocycles. The first-order valence-electron chi connectivity index (χ1n) is 17.5. The van der Waals surface area contributed by atoms with Crippen LogP contribution >= 0.6 is 11.3 Å². The largest absolute Gasteiger partial charge is 0.455 e. The maximum absolute atomic E-state index is 6.47. The predicted molar refractivity (Wildman–Crippen MR) is 219 cm³/mol. The molecular weight excluding hydrogens is 653 g/mol. The number of aromatic nitrogens is 2. The van der Waals surface area contributed by atoms with Crippen LogP contribution in [-0.4, -0.2) is 9.97 Å². The summed E-state index contributed by atoms with van der Waals surface area (Å²) in [5.41, 5.74) is 10.4. The van der Waals surface area contributed by atoms with Crippen molar-refractivity contribution in [3.8, 4) is 44.9 Å². The zero-order valence-electron chi connectivity index (χ0n) is 27.9. The Labute approximate surface area is 303 Å². The number of nitrogens with zero attached hydrogens (tertiary/aromatic N) is 2. The Morgan fingerprint density at radius 2 is 1.10 bits per heavy atom. The van der Waals surface area contributed by atoms with Gasteiger partial charge < -0.3 is 4.42 Å². The standard InChI is InChI=1S/C48H28N2OS/c1-4-13-41-40(11-1)46(50-48(49-41)33-22-16-29(17-23-33)34-25-26-38-37-10-3-6-15-43(37)52-44(38)28-34)32-20-18-30(19-21-32)35-12-7-8-31-24-27-39-36-9-2-5-14-42(36)51-47(39)45(31)35/h1-28H. The van der Waals surface area contributed by atoms with Crippen molar-refractivity contribution in [1.29, 1.82) is 0 Å². The van der Waals surface area contributed by atoms with E-state index in [-0.39, 0.29) is 0 Å². The SMILES string of the molecule is c1cc(-c2ccc(-c3nc(-c4ccc(-c5ccc6c(c5)sc5ccccc56)cc4)nc4ccccc34)cc2)c2c(c1)ccc1c3ccccc3oc12. The summed E-state index contributed by atoms with van der Waals surface area (Å²) in [6.45, 7) is 0. The second-order valence-corrected chi connectivity index (χ2v) is 14.4. The third-order valence-corrected chi connectivity index (χ3v) is 11.4. The molecule has 52 heavy (non-hydrogen) atoms. The highest BCUT2D eigenvalue weighted by Crippen LogP contribution is 2.40. The van der Waals surface area contributed by atoms with E-state index in [1.807, 2.05) is 29.5 Å². The van der Waals surface area contributed by atoms with Crippen LogP contribution in [0.3, 0.4) is 0 Å². The molecule has 0 amide bonds. The van der Waals surface area contributed by atoms with E-state index in [9.17, 15) is 0 Å². The summed E-state index contributed by atoms with van der Waals surface area (Å²) >= 11 is 1.85. The van der Waals surface area contributed by atoms with Crippen molar-refractivity contribution in [1.82, 2.24) is 9.97 Å². The molecule has 0 atom stereocenters. The van der Waals surface area contributed by atoms with Crippen molar-refractivity contribution in [2.24, 2.45) is 0 Å². The van der Waals surface area contributed by atoms with Crippen LogP contribution in [0.25, 0.3) is 109 Å². The van der Waals surface area contributed by atoms with Crippen LogP contribution in [0, 0.1) is 0 Å². The van der Waals surface area contributed by atoms with E-state index in [0.29, 0.717) is 5.82 Å². The highest BCUT2D eigenvalue weighted by molar-refractivity contribution is 7.25. The molecule has 11 rings (SSSR count). The molecule has 0 saturated carbocycles. The highest BCUT2D eigenvalue weighted by atomic mass is 32.1. The number of thiophene rings is 1. The van der Waals surface area contributed by atoms with Crippen molar-refractivity contribution >= 4 is 75.1 Å². The minimum atomic E-state index is 0.714. The average Bonchev–Trinajstić information content (AvgIpc) is 3.78. The summed E-state index contributed by atoms with van der Waals surface area (Å²) in [7, 11) is 0. The van der Waals surface area contributed by atoms with E-state index in [0.717, 1.165) is 71.6 Å². The van der Waals surface area contributed by atoms with E-state index in [1.54, 1.807) is 0 Å². The van der Waals surface area contributed by atoms with Gasteiger partial charge in [0.25, 0.3) is 0 Å². The molecule has 11 aromatic rings. The molecule has 0 unspecified atom stereocenters. The van der Waals surface area contributed by atoms with Crippen molar-refractivity contribution in [3.05, 3.63) is 170 Å². The Morgan fingerprint density at radius 3 is 1.98 bits per heavy atom. The fraction of sp³-hybridized carbons (Fsp3) is 0. The Bertz CT molecular complexity index is 3170. The van der Waals surface area contributed by atoms with Crippen LogP contribution in [0.4, 0.5) is 0 Å². The number of fused-ring (bicyclic) bond motifs is 9. The van der Waals surface area contributed by atoms with Crippen LogP contribution in [0.15, 0.2) is 174 Å². The number of benzene rings is 8. The molecule has 242 valence electrons. The molecule has 0 bridgehead atoms. The molecule has 3 nitrogen and oxygen atoms in total. The maximum atomic E-state index is 6.47. The van der Waals surface area contributed by atoms with Crippen LogP contribution in [0.5, 0.6) is 0 Å². The van der Waals surface area contributed by atoms with Crippen LogP contribution in [-0.2, 0) is 0 Å². The number of hydrogen-bond acceptors (Lipinski definition) is 4. The molecule has 0 aliphatic heterocycles. The van der Waals surface area contributed by atoms with Gasteiger partial charge in [-0.05, 0) is 58.0 Å². The third-order valence-electron chi connectivity index (χ3n) is 10.3. The summed E-state index contributed by atoms with van der Waals surface area (Å²) in [4.78, 5) is 10.2. The van der Waals surface area contributed by atoms with Gasteiger partial charge in [-0.1, -0.05) is 140 Å². The van der Waals surface area contributed by atoms with Gasteiger partial charge in [0.2, 0.25) is 0 Å². The second-order valence-electron chi connectivity index (χ2n) is 13.3. The van der Waals surface area contributed by atoms with Gasteiger partial charge in [0.05, 0.1) is 11.2 Å². The van der Waals surface area contributed by atoms with Gasteiger partial charge in [0.15, 0.2) is 5.82 Å². The number of furan rings is 1. The highest BCUT2D eigenvalue weighted by Gasteiger charge is 2.16. The smallest absolute Gasteiger partial charge is 0.160 e. The molecule has 3 aromatic heterocycles. The molecule has 4 heteroatoms. The molecule has 0 saturated heterocycles. The summed E-state index contributed by atoms with van der Waals surface area (Å²) in [5, 5.41) is 8.22. The quantitative estimate of drug-likeness (QED) is 0.186. The first-order chi connectivity index (χ1) is 25.7. The van der Waals surface area contributed by atoms with Crippen LogP contribution in [0.2, 0.25) is 0 Å². The third kappa shape index (κ3) is 4.58. The molecular formula is C48H28N2OS. The molecule has 0 aliphatic carbocycles. The van der Waals surface area contributed by atoms with E-state index in [1.165, 1.54) is 31.3 Å². The predicted octanol–water partition coefficient (Wildman–Crippen LogP) is 13.7. The first kappa shape index (κ1) is 29.1. The van der Waals surface area contributed by atoms with Crippen molar-refractivity contribution in [2.75, 3.05) is 0 Å². The summed E-state index contributed by atoms with van der Waals surface area (Å²) < 4.78 is 9.09. The fourth-order valence-corrected chi connectivity index (χ4v) is 8.89. The Morgan fingerprint density at radius 1 is 0.423 bits per heavy atom. The van der Waals surface area contributed by atoms with Crippen LogP contribution < -0.4 is 0 Å². The second kappa shape index (κ2) is 11.5. The number of rotatable bonds is 4. The lowest BCUT2D eigenvalue weighted by molar-refractivity contribution is 0.673. The van der Waals surface area contributed by atoms with Crippen molar-refractivity contribution in [2.45, 2.75) is 0 Å². The zero-order chi connectivity index (χ0) is 34.2. The van der Waals surface area contributed by atoms with Gasteiger partial charge in [0.1, 0.15) is 11.2 Å². The maximum Gasteiger partial charge on any atom is 0.160 e. The summed E-state index contributed by atoms with van der Waals surface area (Å²) in [5.74, 6) is 0.714. The normalized spacial score (nSPS) is 11.8. The lowest BCUT2D eigenvalue weighted by atomic mass is 9.95. The minimum absolute atomic E-state index is 0.714. The lowest BCUT2D eigenvalue weighted by Crippen LogP contribution is -1.95. The Hall–Kier alpha value is -6.62. The van der Waals surface area contributed by atoms with Gasteiger partial charge in [-0.2, -0.15) is 0 Å². The van der Waals surface area contributed by atoms with Crippen molar-refractivity contribution in [3.63, 3.8) is 0 Å². The molecule has 0 N–H and O–H groups in total. The zero-order valence-corrected chi connectivity index (χ0v) is 28.7. The van der Waals surface area contributed by atoms with Gasteiger partial charge in [-0.3, -0.25) is 0 Å². The van der Waals surface area contributed by atoms with E-state index < -0.39 is 0 Å². The monoisotopic (exact) mass is 680 g/mol. The molecule has 0 aliphatic rings. The van der Waals surface area contributed by atoms with E-state index in [2.05, 4.69) is 152 Å². The fourth-order valence-electron chi connectivity index (χ4n) is 7.74.